The van der Waals surface area contributed by atoms with Gasteiger partial charge in [-0.2, -0.15) is 0 Å². The molecule has 0 aliphatic heterocycles. The number of hydrogen-bond donors (Lipinski definition) is 3. The van der Waals surface area contributed by atoms with Gasteiger partial charge in [-0.15, -0.1) is 0 Å². The summed E-state index contributed by atoms with van der Waals surface area (Å²) in [5.41, 5.74) is 5.47. The van der Waals surface area contributed by atoms with Crippen LogP contribution in [0.15, 0.2) is 66.9 Å². The number of nitrogens with one attached hydrogen (secondary N) is 1. The largest absolute Gasteiger partial charge is 0.394 e. The van der Waals surface area contributed by atoms with Gasteiger partial charge >= 0.3 is 0 Å². The zero-order valence-corrected chi connectivity index (χ0v) is 18.3. The van der Waals surface area contributed by atoms with Crippen molar-refractivity contribution < 1.29 is 10.2 Å². The maximum Gasteiger partial charge on any atom is 0.127 e. The highest BCUT2D eigenvalue weighted by atomic mass is 35.5. The highest BCUT2D eigenvalue weighted by Gasteiger charge is 2.09. The first-order chi connectivity index (χ1) is 15.6. The van der Waals surface area contributed by atoms with Gasteiger partial charge in [0.25, 0.3) is 0 Å². The average Bonchev–Trinajstić information content (AvgIpc) is 2.82. The first-order valence-corrected chi connectivity index (χ1v) is 10.6. The predicted octanol–water partition coefficient (Wildman–Crippen LogP) is 4.42. The summed E-state index contributed by atoms with van der Waals surface area (Å²) in [5.74, 6) is 6.91. The zero-order chi connectivity index (χ0) is 22.5. The molecule has 6 heteroatoms. The van der Waals surface area contributed by atoms with E-state index in [0.717, 1.165) is 33.2 Å². The number of hydrogen-bond acceptors (Lipinski definition) is 5. The molecule has 0 aliphatic rings. The van der Waals surface area contributed by atoms with Gasteiger partial charge in [0.2, 0.25) is 0 Å². The van der Waals surface area contributed by atoms with Crippen LogP contribution in [0.3, 0.4) is 0 Å². The number of aryl methyl sites for hydroxylation is 1. The van der Waals surface area contributed by atoms with E-state index < -0.39 is 6.04 Å². The van der Waals surface area contributed by atoms with Crippen molar-refractivity contribution in [2.24, 2.45) is 0 Å². The summed E-state index contributed by atoms with van der Waals surface area (Å²) in [4.78, 5) is 9.03. The Balaban J connectivity index is 1.55. The third-order valence-electron chi connectivity index (χ3n) is 5.08. The zero-order valence-electron chi connectivity index (χ0n) is 17.5. The van der Waals surface area contributed by atoms with Crippen molar-refractivity contribution in [3.8, 4) is 23.0 Å². The fourth-order valence-electron chi connectivity index (χ4n) is 3.32. The summed E-state index contributed by atoms with van der Waals surface area (Å²) >= 11 is 5.95. The van der Waals surface area contributed by atoms with E-state index in [1.807, 2.05) is 73.8 Å². The smallest absolute Gasteiger partial charge is 0.127 e. The van der Waals surface area contributed by atoms with Gasteiger partial charge in [0.05, 0.1) is 24.8 Å². The molecule has 2 heterocycles. The molecule has 32 heavy (non-hydrogen) atoms. The van der Waals surface area contributed by atoms with E-state index in [-0.39, 0.29) is 13.2 Å². The van der Waals surface area contributed by atoms with Crippen LogP contribution in [0.4, 0.5) is 5.82 Å². The molecule has 4 aromatic rings. The molecule has 0 saturated heterocycles. The summed E-state index contributed by atoms with van der Waals surface area (Å²) in [6, 6.07) is 18.8. The van der Waals surface area contributed by atoms with E-state index >= 15 is 0 Å². The van der Waals surface area contributed by atoms with Gasteiger partial charge in [0.1, 0.15) is 11.5 Å². The van der Waals surface area contributed by atoms with Crippen molar-refractivity contribution >= 4 is 28.3 Å². The normalized spacial score (nSPS) is 10.8. The maximum atomic E-state index is 9.27. The molecule has 5 nitrogen and oxygen atoms in total. The number of aliphatic hydroxyl groups excluding tert-OH is 2. The number of pyridine rings is 2. The predicted molar refractivity (Wildman–Crippen MR) is 129 cm³/mol. The summed E-state index contributed by atoms with van der Waals surface area (Å²) in [7, 11) is 0. The quantitative estimate of drug-likeness (QED) is 0.398. The van der Waals surface area contributed by atoms with Crippen molar-refractivity contribution in [2.75, 3.05) is 18.5 Å². The van der Waals surface area contributed by atoms with Crippen molar-refractivity contribution in [3.63, 3.8) is 0 Å². The van der Waals surface area contributed by atoms with E-state index in [2.05, 4.69) is 27.1 Å². The summed E-state index contributed by atoms with van der Waals surface area (Å²) in [6.07, 6.45) is 1.81. The highest BCUT2D eigenvalue weighted by molar-refractivity contribution is 6.30. The Morgan fingerprint density at radius 1 is 0.938 bits per heavy atom. The average molecular weight is 444 g/mol. The van der Waals surface area contributed by atoms with Crippen molar-refractivity contribution in [3.05, 3.63) is 88.7 Å². The highest BCUT2D eigenvalue weighted by Crippen LogP contribution is 2.23. The van der Waals surface area contributed by atoms with E-state index in [4.69, 9.17) is 11.6 Å². The van der Waals surface area contributed by atoms with Gasteiger partial charge in [-0.25, -0.2) is 9.97 Å². The number of anilines is 1. The second kappa shape index (κ2) is 9.80. The van der Waals surface area contributed by atoms with Crippen LogP contribution in [-0.2, 0) is 0 Å². The summed E-state index contributed by atoms with van der Waals surface area (Å²) in [6.45, 7) is 1.66. The topological polar surface area (TPSA) is 78.3 Å². The number of halogens is 1. The van der Waals surface area contributed by atoms with E-state index in [1.54, 1.807) is 0 Å². The lowest BCUT2D eigenvalue weighted by atomic mass is 10.1. The van der Waals surface area contributed by atoms with Crippen LogP contribution >= 0.6 is 11.6 Å². The van der Waals surface area contributed by atoms with Crippen molar-refractivity contribution in [1.29, 1.82) is 0 Å². The molecule has 0 bridgehead atoms. The first-order valence-electron chi connectivity index (χ1n) is 10.2. The molecule has 0 radical (unpaired) electrons. The van der Waals surface area contributed by atoms with E-state index in [0.29, 0.717) is 16.5 Å². The number of fused-ring (bicyclic) bond motifs is 1. The number of nitrogens with zero attached hydrogens (tertiary/aromatic N) is 2. The molecule has 4 rings (SSSR count). The minimum Gasteiger partial charge on any atom is -0.394 e. The summed E-state index contributed by atoms with van der Waals surface area (Å²) in [5, 5.41) is 23.3. The van der Waals surface area contributed by atoms with Crippen molar-refractivity contribution in [1.82, 2.24) is 9.97 Å². The Morgan fingerprint density at radius 2 is 1.69 bits per heavy atom. The fraction of sp³-hybridized carbons (Fsp3) is 0.154. The lowest BCUT2D eigenvalue weighted by molar-refractivity contribution is 0.203. The standard InChI is InChI=1S/C26H22ClN3O2/c1-17-12-26(29-23(15-31)16-32)30-25-11-3-18(13-24(17)25)2-9-22-10-6-20(14-28-22)19-4-7-21(27)8-5-19/h3-8,10-14,23,31-32H,15-16H2,1H3,(H,29,30). The third kappa shape index (κ3) is 5.06. The van der Waals surface area contributed by atoms with Gasteiger partial charge in [0.15, 0.2) is 0 Å². The molecule has 160 valence electrons. The molecule has 0 spiro atoms. The monoisotopic (exact) mass is 443 g/mol. The van der Waals surface area contributed by atoms with Gasteiger partial charge in [-0.05, 0) is 66.4 Å². The molecular formula is C26H22ClN3O2. The number of rotatable bonds is 5. The number of aliphatic hydroxyl groups is 2. The second-order valence-corrected chi connectivity index (χ2v) is 7.89. The van der Waals surface area contributed by atoms with Gasteiger partial charge in [0, 0.05) is 27.7 Å². The van der Waals surface area contributed by atoms with Crippen LogP contribution in [0.5, 0.6) is 0 Å². The molecule has 0 fully saturated rings. The molecule has 3 N–H and O–H groups in total. The third-order valence-corrected chi connectivity index (χ3v) is 5.34. The van der Waals surface area contributed by atoms with Crippen LogP contribution in [-0.4, -0.2) is 39.4 Å². The van der Waals surface area contributed by atoms with Gasteiger partial charge < -0.3 is 15.5 Å². The molecule has 0 aliphatic carbocycles. The Hall–Kier alpha value is -3.43. The Morgan fingerprint density at radius 3 is 2.38 bits per heavy atom. The Labute approximate surface area is 191 Å². The van der Waals surface area contributed by atoms with Crippen LogP contribution in [0.2, 0.25) is 5.02 Å². The SMILES string of the molecule is Cc1cc(NC(CO)CO)nc2ccc(C#Cc3ccc(-c4ccc(Cl)cc4)cn3)cc12. The van der Waals surface area contributed by atoms with Gasteiger partial charge in [-0.1, -0.05) is 35.7 Å². The Kier molecular flexibility index (Phi) is 6.67. The molecule has 0 atom stereocenters. The lowest BCUT2D eigenvalue weighted by Crippen LogP contribution is -2.28. The molecule has 0 amide bonds. The summed E-state index contributed by atoms with van der Waals surface area (Å²) < 4.78 is 0. The fourth-order valence-corrected chi connectivity index (χ4v) is 3.45. The number of aromatic nitrogens is 2. The molecule has 0 saturated carbocycles. The minimum atomic E-state index is -0.442. The van der Waals surface area contributed by atoms with Crippen molar-refractivity contribution in [2.45, 2.75) is 13.0 Å². The second-order valence-electron chi connectivity index (χ2n) is 7.45. The minimum absolute atomic E-state index is 0.168. The van der Waals surface area contributed by atoms with Gasteiger partial charge in [-0.3, -0.25) is 0 Å². The lowest BCUT2D eigenvalue weighted by Gasteiger charge is -2.15. The molecular weight excluding hydrogens is 422 g/mol. The maximum absolute atomic E-state index is 9.27. The molecule has 2 aromatic carbocycles. The van der Waals surface area contributed by atoms with E-state index in [9.17, 15) is 10.2 Å². The van der Waals surface area contributed by atoms with Crippen LogP contribution in [0.25, 0.3) is 22.0 Å². The first kappa shape index (κ1) is 21.8. The number of benzene rings is 2. The van der Waals surface area contributed by atoms with Crippen LogP contribution in [0, 0.1) is 18.8 Å². The Bertz CT molecular complexity index is 1290. The van der Waals surface area contributed by atoms with E-state index in [1.165, 1.54) is 0 Å². The molecule has 2 aromatic heterocycles. The van der Waals surface area contributed by atoms with Crippen LogP contribution < -0.4 is 5.32 Å². The molecule has 0 unspecified atom stereocenters. The van der Waals surface area contributed by atoms with Crippen LogP contribution in [0.1, 0.15) is 16.8 Å².